The number of nitrogens with zero attached hydrogens (tertiary/aromatic N) is 4. The van der Waals surface area contributed by atoms with Gasteiger partial charge in [0.15, 0.2) is 0 Å². The minimum atomic E-state index is -0.531. The maximum absolute atomic E-state index is 12.4. The molecule has 0 spiro atoms. The standard InChI is InChI=1S/C19H20N4O4/c1-3-4-5-9-22-18(24)16(11-20)13(2)17(19(22)25)12-21-14-7-6-8-15(10-14)23(26)27/h6-8,10,12,25H,3-5,9H2,1-2H3. The van der Waals surface area contributed by atoms with E-state index in [4.69, 9.17) is 0 Å². The minimum Gasteiger partial charge on any atom is -0.494 e. The number of non-ortho nitro benzene ring substituents is 1. The summed E-state index contributed by atoms with van der Waals surface area (Å²) in [5.41, 5.74) is 0.203. The van der Waals surface area contributed by atoms with Crippen molar-refractivity contribution in [3.05, 3.63) is 61.4 Å². The maximum Gasteiger partial charge on any atom is 0.271 e. The number of benzene rings is 1. The van der Waals surface area contributed by atoms with Crippen LogP contribution >= 0.6 is 0 Å². The van der Waals surface area contributed by atoms with Crippen LogP contribution in [0, 0.1) is 28.4 Å². The molecule has 27 heavy (non-hydrogen) atoms. The summed E-state index contributed by atoms with van der Waals surface area (Å²) in [6.45, 7) is 3.88. The average molecular weight is 368 g/mol. The van der Waals surface area contributed by atoms with E-state index in [1.54, 1.807) is 13.0 Å². The molecule has 0 radical (unpaired) electrons. The number of pyridine rings is 1. The molecule has 8 nitrogen and oxygen atoms in total. The zero-order valence-corrected chi connectivity index (χ0v) is 15.2. The van der Waals surface area contributed by atoms with Crippen molar-refractivity contribution in [2.75, 3.05) is 0 Å². The van der Waals surface area contributed by atoms with Gasteiger partial charge in [-0.1, -0.05) is 25.8 Å². The normalized spacial score (nSPS) is 10.9. The molecule has 0 aliphatic rings. The summed E-state index contributed by atoms with van der Waals surface area (Å²) in [5.74, 6) is -0.262. The molecule has 0 amide bonds. The molecule has 0 aliphatic heterocycles. The Morgan fingerprint density at radius 2 is 2.15 bits per heavy atom. The van der Waals surface area contributed by atoms with E-state index in [9.17, 15) is 25.3 Å². The van der Waals surface area contributed by atoms with Crippen LogP contribution in [0.1, 0.15) is 42.9 Å². The number of hydrogen-bond acceptors (Lipinski definition) is 6. The van der Waals surface area contributed by atoms with Crippen molar-refractivity contribution in [3.8, 4) is 11.9 Å². The summed E-state index contributed by atoms with van der Waals surface area (Å²) < 4.78 is 1.18. The van der Waals surface area contributed by atoms with Crippen molar-refractivity contribution < 1.29 is 10.0 Å². The molecule has 1 aromatic carbocycles. The van der Waals surface area contributed by atoms with Gasteiger partial charge in [-0.05, 0) is 25.0 Å². The second-order valence-corrected chi connectivity index (χ2v) is 6.05. The van der Waals surface area contributed by atoms with E-state index in [-0.39, 0.29) is 22.7 Å². The molecule has 2 rings (SSSR count). The van der Waals surface area contributed by atoms with E-state index in [2.05, 4.69) is 4.99 Å². The molecular weight excluding hydrogens is 348 g/mol. The molecule has 0 bridgehead atoms. The van der Waals surface area contributed by atoms with Gasteiger partial charge in [-0.2, -0.15) is 5.26 Å². The molecule has 1 N–H and O–H groups in total. The Morgan fingerprint density at radius 3 is 2.78 bits per heavy atom. The first-order chi connectivity index (χ1) is 12.9. The zero-order valence-electron chi connectivity index (χ0n) is 15.2. The summed E-state index contributed by atoms with van der Waals surface area (Å²) in [7, 11) is 0. The van der Waals surface area contributed by atoms with Gasteiger partial charge in [0.05, 0.1) is 16.2 Å². The number of rotatable bonds is 7. The lowest BCUT2D eigenvalue weighted by Gasteiger charge is -2.13. The maximum atomic E-state index is 12.4. The number of nitro benzene ring substituents is 1. The number of aromatic nitrogens is 1. The van der Waals surface area contributed by atoms with Crippen molar-refractivity contribution >= 4 is 17.6 Å². The molecule has 2 aromatic rings. The quantitative estimate of drug-likeness (QED) is 0.346. The smallest absolute Gasteiger partial charge is 0.271 e. The number of nitriles is 1. The van der Waals surface area contributed by atoms with E-state index in [1.165, 1.54) is 29.0 Å². The van der Waals surface area contributed by atoms with Gasteiger partial charge in [0, 0.05) is 24.9 Å². The van der Waals surface area contributed by atoms with Gasteiger partial charge in [0.2, 0.25) is 5.88 Å². The number of aromatic hydroxyl groups is 1. The van der Waals surface area contributed by atoms with Crippen LogP contribution in [0.15, 0.2) is 34.1 Å². The molecule has 0 fully saturated rings. The second-order valence-electron chi connectivity index (χ2n) is 6.05. The van der Waals surface area contributed by atoms with Crippen LogP contribution in [0.25, 0.3) is 0 Å². The third-order valence-electron chi connectivity index (χ3n) is 4.21. The Morgan fingerprint density at radius 1 is 1.41 bits per heavy atom. The van der Waals surface area contributed by atoms with Crippen molar-refractivity contribution in [1.82, 2.24) is 4.57 Å². The molecular formula is C19H20N4O4. The Balaban J connectivity index is 2.51. The van der Waals surface area contributed by atoms with E-state index < -0.39 is 10.5 Å². The van der Waals surface area contributed by atoms with Gasteiger partial charge in [0.1, 0.15) is 11.6 Å². The van der Waals surface area contributed by atoms with E-state index in [0.717, 1.165) is 12.8 Å². The van der Waals surface area contributed by atoms with Crippen LogP contribution in [-0.4, -0.2) is 20.8 Å². The summed E-state index contributed by atoms with van der Waals surface area (Å²) >= 11 is 0. The van der Waals surface area contributed by atoms with Crippen LogP contribution in [0.2, 0.25) is 0 Å². The van der Waals surface area contributed by atoms with Gasteiger partial charge in [-0.3, -0.25) is 24.5 Å². The lowest BCUT2D eigenvalue weighted by molar-refractivity contribution is -0.384. The highest BCUT2D eigenvalue weighted by Crippen LogP contribution is 2.23. The predicted molar refractivity (Wildman–Crippen MR) is 102 cm³/mol. The van der Waals surface area contributed by atoms with Gasteiger partial charge in [0.25, 0.3) is 11.2 Å². The molecule has 0 saturated heterocycles. The van der Waals surface area contributed by atoms with Gasteiger partial charge >= 0.3 is 0 Å². The minimum absolute atomic E-state index is 0.0511. The highest BCUT2D eigenvalue weighted by molar-refractivity contribution is 5.87. The Labute approximate surface area is 156 Å². The Bertz CT molecular complexity index is 986. The zero-order chi connectivity index (χ0) is 20.0. The Kier molecular flexibility index (Phi) is 6.44. The van der Waals surface area contributed by atoms with Crippen LogP contribution in [0.3, 0.4) is 0 Å². The topological polar surface area (TPSA) is 122 Å². The molecule has 140 valence electrons. The van der Waals surface area contributed by atoms with Crippen LogP contribution < -0.4 is 5.56 Å². The number of aliphatic imine (C=N–C) groups is 1. The number of unbranched alkanes of at least 4 members (excludes halogenated alkanes) is 2. The lowest BCUT2D eigenvalue weighted by atomic mass is 10.1. The fourth-order valence-corrected chi connectivity index (χ4v) is 2.68. The fourth-order valence-electron chi connectivity index (χ4n) is 2.68. The van der Waals surface area contributed by atoms with Crippen molar-refractivity contribution in [2.24, 2.45) is 4.99 Å². The first-order valence-electron chi connectivity index (χ1n) is 8.55. The highest BCUT2D eigenvalue weighted by atomic mass is 16.6. The predicted octanol–water partition coefficient (Wildman–Crippen LogP) is 3.58. The third kappa shape index (κ3) is 4.39. The molecule has 0 saturated carbocycles. The molecule has 1 heterocycles. The first kappa shape index (κ1) is 19.8. The first-order valence-corrected chi connectivity index (χ1v) is 8.55. The lowest BCUT2D eigenvalue weighted by Crippen LogP contribution is -2.25. The number of hydrogen-bond donors (Lipinski definition) is 1. The number of nitro groups is 1. The van der Waals surface area contributed by atoms with E-state index in [1.807, 2.05) is 13.0 Å². The van der Waals surface area contributed by atoms with Gasteiger partial charge in [-0.25, -0.2) is 0 Å². The van der Waals surface area contributed by atoms with Crippen LogP contribution in [0.5, 0.6) is 5.88 Å². The molecule has 1 aromatic heterocycles. The summed E-state index contributed by atoms with van der Waals surface area (Å²) in [5, 5.41) is 30.7. The van der Waals surface area contributed by atoms with Crippen LogP contribution in [0.4, 0.5) is 11.4 Å². The highest BCUT2D eigenvalue weighted by Gasteiger charge is 2.17. The van der Waals surface area contributed by atoms with Crippen molar-refractivity contribution in [2.45, 2.75) is 39.7 Å². The summed E-state index contributed by atoms with van der Waals surface area (Å²) in [6, 6.07) is 7.62. The summed E-state index contributed by atoms with van der Waals surface area (Å²) in [6.07, 6.45) is 3.85. The largest absolute Gasteiger partial charge is 0.494 e. The van der Waals surface area contributed by atoms with Crippen molar-refractivity contribution in [3.63, 3.8) is 0 Å². The molecule has 0 aliphatic carbocycles. The summed E-state index contributed by atoms with van der Waals surface area (Å²) in [4.78, 5) is 27.0. The van der Waals surface area contributed by atoms with E-state index in [0.29, 0.717) is 24.2 Å². The third-order valence-corrected chi connectivity index (χ3v) is 4.21. The Hall–Kier alpha value is -3.47. The van der Waals surface area contributed by atoms with Crippen LogP contribution in [-0.2, 0) is 6.54 Å². The molecule has 8 heteroatoms. The van der Waals surface area contributed by atoms with E-state index >= 15 is 0 Å². The van der Waals surface area contributed by atoms with Gasteiger partial charge in [-0.15, -0.1) is 0 Å². The molecule has 0 atom stereocenters. The average Bonchev–Trinajstić information content (AvgIpc) is 2.65. The van der Waals surface area contributed by atoms with Crippen molar-refractivity contribution in [1.29, 1.82) is 5.26 Å². The molecule has 0 unspecified atom stereocenters. The monoisotopic (exact) mass is 368 g/mol. The fraction of sp³-hybridized carbons (Fsp3) is 0.316. The van der Waals surface area contributed by atoms with Gasteiger partial charge < -0.3 is 5.11 Å². The SMILES string of the molecule is CCCCCn1c(O)c(C=Nc2cccc([N+](=O)[O-])c2)c(C)c(C#N)c1=O. The second kappa shape index (κ2) is 8.76.